The normalized spacial score (nSPS) is 13.7. The molecule has 0 atom stereocenters. The summed E-state index contributed by atoms with van der Waals surface area (Å²) in [6, 6.07) is 6.63. The third-order valence-corrected chi connectivity index (χ3v) is 5.87. The average molecular weight is 445 g/mol. The van der Waals surface area contributed by atoms with Crippen LogP contribution in [0.4, 0.5) is 10.5 Å². The predicted molar refractivity (Wildman–Crippen MR) is 120 cm³/mol. The fourth-order valence-corrected chi connectivity index (χ4v) is 3.93. The van der Waals surface area contributed by atoms with Gasteiger partial charge in [0.1, 0.15) is 0 Å². The predicted octanol–water partition coefficient (Wildman–Crippen LogP) is 3.50. The van der Waals surface area contributed by atoms with Crippen LogP contribution in [0, 0.1) is 0 Å². The minimum Gasteiger partial charge on any atom is -0.378 e. The van der Waals surface area contributed by atoms with Gasteiger partial charge in [-0.2, -0.15) is 0 Å². The molecular formula is C22H28N4O4S. The number of unbranched alkanes of at least 4 members (excludes halogenated alkanes) is 1. The molecule has 0 spiro atoms. The molecule has 9 heteroatoms. The highest BCUT2D eigenvalue weighted by Gasteiger charge is 2.31. The van der Waals surface area contributed by atoms with Gasteiger partial charge in [0.15, 0.2) is 5.01 Å². The highest BCUT2D eigenvalue weighted by Crippen LogP contribution is 2.19. The van der Waals surface area contributed by atoms with E-state index in [4.69, 9.17) is 4.74 Å². The van der Waals surface area contributed by atoms with Crippen LogP contribution in [0.2, 0.25) is 0 Å². The van der Waals surface area contributed by atoms with E-state index in [2.05, 4.69) is 9.88 Å². The van der Waals surface area contributed by atoms with Crippen molar-refractivity contribution >= 4 is 34.9 Å². The van der Waals surface area contributed by atoms with Crippen LogP contribution in [-0.4, -0.2) is 72.0 Å². The highest BCUT2D eigenvalue weighted by molar-refractivity contribution is 7.11. The van der Waals surface area contributed by atoms with Crippen LogP contribution in [0.25, 0.3) is 0 Å². The summed E-state index contributed by atoms with van der Waals surface area (Å²) in [6.07, 6.45) is 3.00. The van der Waals surface area contributed by atoms with Gasteiger partial charge in [0, 0.05) is 49.0 Å². The maximum atomic E-state index is 13.2. The quantitative estimate of drug-likeness (QED) is 0.650. The Morgan fingerprint density at radius 3 is 2.35 bits per heavy atom. The van der Waals surface area contributed by atoms with Gasteiger partial charge in [0.05, 0.1) is 13.2 Å². The van der Waals surface area contributed by atoms with Crippen LogP contribution < -0.4 is 4.90 Å². The molecule has 1 aromatic carbocycles. The molecule has 0 unspecified atom stereocenters. The number of aromatic nitrogens is 1. The van der Waals surface area contributed by atoms with Gasteiger partial charge in [-0.25, -0.2) is 9.78 Å². The number of ether oxygens (including phenoxy) is 1. The summed E-state index contributed by atoms with van der Waals surface area (Å²) in [5.41, 5.74) is 1.43. The number of thiazole rings is 1. The lowest BCUT2D eigenvalue weighted by atomic mass is 10.1. The molecule has 1 aliphatic heterocycles. The Bertz CT molecular complexity index is 879. The monoisotopic (exact) mass is 444 g/mol. The summed E-state index contributed by atoms with van der Waals surface area (Å²) in [6.45, 7) is 7.08. The van der Waals surface area contributed by atoms with Crippen molar-refractivity contribution in [1.29, 1.82) is 0 Å². The maximum Gasteiger partial charge on any atom is 0.333 e. The summed E-state index contributed by atoms with van der Waals surface area (Å²) >= 11 is 1.17. The molecule has 2 heterocycles. The van der Waals surface area contributed by atoms with Crippen molar-refractivity contribution in [2.75, 3.05) is 44.3 Å². The molecule has 0 N–H and O–H groups in total. The minimum atomic E-state index is -0.613. The van der Waals surface area contributed by atoms with Gasteiger partial charge in [0.2, 0.25) is 0 Å². The van der Waals surface area contributed by atoms with Crippen molar-refractivity contribution in [3.63, 3.8) is 0 Å². The molecule has 3 rings (SSSR count). The first-order valence-corrected chi connectivity index (χ1v) is 11.4. The van der Waals surface area contributed by atoms with Crippen LogP contribution in [0.3, 0.4) is 0 Å². The van der Waals surface area contributed by atoms with E-state index < -0.39 is 17.8 Å². The number of imide groups is 2. The Morgan fingerprint density at radius 1 is 1.06 bits per heavy atom. The standard InChI is InChI=1S/C22H28N4O4S/c1-3-5-11-26(22(29)25(4-2)21(28)19-23-10-16-31-19)20(27)17-6-8-18(9-7-17)24-12-14-30-15-13-24/h6-10,16H,3-5,11-15H2,1-2H3. The number of hydrogen-bond donors (Lipinski definition) is 0. The van der Waals surface area contributed by atoms with Gasteiger partial charge in [-0.1, -0.05) is 13.3 Å². The van der Waals surface area contributed by atoms with Crippen LogP contribution in [0.5, 0.6) is 0 Å². The van der Waals surface area contributed by atoms with Crippen molar-refractivity contribution in [2.24, 2.45) is 0 Å². The Hall–Kier alpha value is -2.78. The van der Waals surface area contributed by atoms with E-state index in [1.165, 1.54) is 22.4 Å². The molecule has 0 radical (unpaired) electrons. The first kappa shape index (κ1) is 22.9. The van der Waals surface area contributed by atoms with Crippen LogP contribution in [0.1, 0.15) is 46.8 Å². The lowest BCUT2D eigenvalue weighted by molar-refractivity contribution is 0.0689. The molecule has 4 amide bonds. The molecule has 8 nitrogen and oxygen atoms in total. The minimum absolute atomic E-state index is 0.156. The Kier molecular flexibility index (Phi) is 8.13. The molecule has 2 aromatic rings. The Balaban J connectivity index is 1.79. The lowest BCUT2D eigenvalue weighted by Gasteiger charge is -2.29. The summed E-state index contributed by atoms with van der Waals surface area (Å²) in [7, 11) is 0. The number of urea groups is 1. The highest BCUT2D eigenvalue weighted by atomic mass is 32.1. The number of morpholine rings is 1. The van der Waals surface area contributed by atoms with Crippen molar-refractivity contribution in [2.45, 2.75) is 26.7 Å². The zero-order valence-corrected chi connectivity index (χ0v) is 18.8. The van der Waals surface area contributed by atoms with Gasteiger partial charge < -0.3 is 9.64 Å². The molecular weight excluding hydrogens is 416 g/mol. The number of carbonyl (C=O) groups is 3. The van der Waals surface area contributed by atoms with Crippen molar-refractivity contribution < 1.29 is 19.1 Å². The number of nitrogens with zero attached hydrogens (tertiary/aromatic N) is 4. The molecule has 166 valence electrons. The lowest BCUT2D eigenvalue weighted by Crippen LogP contribution is -2.49. The third-order valence-electron chi connectivity index (χ3n) is 5.11. The second kappa shape index (κ2) is 11.0. The van der Waals surface area contributed by atoms with Crippen molar-refractivity contribution in [3.05, 3.63) is 46.4 Å². The Morgan fingerprint density at radius 2 is 1.77 bits per heavy atom. The largest absolute Gasteiger partial charge is 0.378 e. The van der Waals surface area contributed by atoms with Crippen LogP contribution in [0.15, 0.2) is 35.8 Å². The third kappa shape index (κ3) is 5.48. The molecule has 1 aromatic heterocycles. The van der Waals surface area contributed by atoms with Crippen molar-refractivity contribution in [3.8, 4) is 0 Å². The van der Waals surface area contributed by atoms with Crippen LogP contribution in [-0.2, 0) is 4.74 Å². The van der Waals surface area contributed by atoms with E-state index >= 15 is 0 Å². The van der Waals surface area contributed by atoms with Gasteiger partial charge in [-0.05, 0) is 37.6 Å². The summed E-state index contributed by atoms with van der Waals surface area (Å²) in [4.78, 5) is 47.6. The van der Waals surface area contributed by atoms with Gasteiger partial charge in [0.25, 0.3) is 11.8 Å². The molecule has 0 saturated carbocycles. The molecule has 1 aliphatic rings. The van der Waals surface area contributed by atoms with Crippen LogP contribution >= 0.6 is 11.3 Å². The second-order valence-corrected chi connectivity index (χ2v) is 8.02. The van der Waals surface area contributed by atoms with E-state index in [1.807, 2.05) is 19.1 Å². The van der Waals surface area contributed by atoms with Gasteiger partial charge >= 0.3 is 6.03 Å². The molecule has 0 bridgehead atoms. The van der Waals surface area contributed by atoms with Crippen molar-refractivity contribution in [1.82, 2.24) is 14.8 Å². The van der Waals surface area contributed by atoms with Gasteiger partial charge in [-0.3, -0.25) is 19.4 Å². The van der Waals surface area contributed by atoms with Gasteiger partial charge in [-0.15, -0.1) is 11.3 Å². The fourth-order valence-electron chi connectivity index (χ4n) is 3.35. The number of carbonyl (C=O) groups excluding carboxylic acids is 3. The number of benzene rings is 1. The topological polar surface area (TPSA) is 83.0 Å². The second-order valence-electron chi connectivity index (χ2n) is 7.13. The molecule has 31 heavy (non-hydrogen) atoms. The first-order valence-electron chi connectivity index (χ1n) is 10.6. The number of rotatable bonds is 7. The smallest absolute Gasteiger partial charge is 0.333 e. The SMILES string of the molecule is CCCCN(C(=O)c1ccc(N2CCOCC2)cc1)C(=O)N(CC)C(=O)c1nccs1. The van der Waals surface area contributed by atoms with E-state index in [-0.39, 0.29) is 18.1 Å². The maximum absolute atomic E-state index is 13.2. The van der Waals surface area contributed by atoms with E-state index in [0.717, 1.165) is 30.1 Å². The molecule has 0 aliphatic carbocycles. The molecule has 1 fully saturated rings. The summed E-state index contributed by atoms with van der Waals surface area (Å²) in [5.74, 6) is -0.892. The number of amides is 4. The molecule has 1 saturated heterocycles. The van der Waals surface area contributed by atoms with E-state index in [1.54, 1.807) is 24.4 Å². The van der Waals surface area contributed by atoms with E-state index in [9.17, 15) is 14.4 Å². The Labute approximate surface area is 186 Å². The number of hydrogen-bond acceptors (Lipinski definition) is 7. The first-order chi connectivity index (χ1) is 15.1. The zero-order valence-electron chi connectivity index (χ0n) is 18.0. The van der Waals surface area contributed by atoms with E-state index in [0.29, 0.717) is 25.2 Å². The number of anilines is 1. The average Bonchev–Trinajstić information content (AvgIpc) is 3.35. The summed E-state index contributed by atoms with van der Waals surface area (Å²) in [5, 5.41) is 1.91. The zero-order chi connectivity index (χ0) is 22.2. The fraction of sp³-hybridized carbons (Fsp3) is 0.455. The summed E-state index contributed by atoms with van der Waals surface area (Å²) < 4.78 is 5.38.